The highest BCUT2D eigenvalue weighted by molar-refractivity contribution is 5.86. The Morgan fingerprint density at radius 1 is 1.03 bits per heavy atom. The zero-order chi connectivity index (χ0) is 20.9. The van der Waals surface area contributed by atoms with Gasteiger partial charge in [-0.2, -0.15) is 5.26 Å². The fraction of sp³-hybridized carbons (Fsp3) is 0.167. The average Bonchev–Trinajstić information content (AvgIpc) is 3.58. The number of carbonyl (C=O) groups is 1. The molecule has 0 aromatic heterocycles. The van der Waals surface area contributed by atoms with Gasteiger partial charge in [-0.3, -0.25) is 4.79 Å². The van der Waals surface area contributed by atoms with Crippen LogP contribution in [-0.2, 0) is 4.79 Å². The zero-order valence-corrected chi connectivity index (χ0v) is 16.1. The van der Waals surface area contributed by atoms with Crippen molar-refractivity contribution >= 4 is 11.6 Å². The van der Waals surface area contributed by atoms with Gasteiger partial charge in [-0.05, 0) is 66.9 Å². The van der Waals surface area contributed by atoms with Gasteiger partial charge in [0.1, 0.15) is 29.4 Å². The Hall–Kier alpha value is -3.85. The molecule has 0 radical (unpaired) electrons. The van der Waals surface area contributed by atoms with E-state index in [-0.39, 0.29) is 17.8 Å². The largest absolute Gasteiger partial charge is 0.456 e. The lowest BCUT2D eigenvalue weighted by Crippen LogP contribution is -2.34. The Kier molecular flexibility index (Phi) is 5.62. The Bertz CT molecular complexity index is 1070. The summed E-state index contributed by atoms with van der Waals surface area (Å²) in [5.74, 6) is 0.560. The van der Waals surface area contributed by atoms with E-state index in [0.29, 0.717) is 22.6 Å². The molecule has 3 aromatic rings. The number of para-hydroxylation sites is 1. The van der Waals surface area contributed by atoms with Crippen LogP contribution >= 0.6 is 0 Å². The smallest absolute Gasteiger partial charge is 0.247 e. The van der Waals surface area contributed by atoms with Crippen molar-refractivity contribution in [1.29, 1.82) is 5.26 Å². The fourth-order valence-corrected chi connectivity index (χ4v) is 3.03. The molecular formula is C24H20FN3O2. The van der Waals surface area contributed by atoms with Crippen LogP contribution in [0, 0.1) is 17.1 Å². The Morgan fingerprint density at radius 3 is 2.40 bits per heavy atom. The van der Waals surface area contributed by atoms with Crippen molar-refractivity contribution in [3.63, 3.8) is 0 Å². The Labute approximate surface area is 174 Å². The van der Waals surface area contributed by atoms with E-state index in [1.54, 1.807) is 60.7 Å². The molecular weight excluding hydrogens is 381 g/mol. The van der Waals surface area contributed by atoms with Crippen LogP contribution in [0.3, 0.4) is 0 Å². The molecule has 4 rings (SSSR count). The second-order valence-electron chi connectivity index (χ2n) is 7.15. The predicted octanol–water partition coefficient (Wildman–Crippen LogP) is 4.92. The first-order valence-electron chi connectivity index (χ1n) is 9.72. The highest BCUT2D eigenvalue weighted by Crippen LogP contribution is 2.28. The maximum Gasteiger partial charge on any atom is 0.247 e. The molecule has 2 N–H and O–H groups in total. The van der Waals surface area contributed by atoms with Crippen molar-refractivity contribution in [2.45, 2.75) is 24.9 Å². The minimum atomic E-state index is -0.641. The average molecular weight is 401 g/mol. The quantitative estimate of drug-likeness (QED) is 0.589. The van der Waals surface area contributed by atoms with Crippen LogP contribution in [-0.4, -0.2) is 11.9 Å². The Balaban J connectivity index is 1.50. The van der Waals surface area contributed by atoms with Crippen molar-refractivity contribution in [3.8, 4) is 17.6 Å². The molecule has 0 saturated heterocycles. The van der Waals surface area contributed by atoms with Gasteiger partial charge in [-0.25, -0.2) is 4.39 Å². The normalized spacial score (nSPS) is 13.7. The first-order valence-corrected chi connectivity index (χ1v) is 9.72. The number of nitrogens with zero attached hydrogens (tertiary/aromatic N) is 1. The standard InChI is InChI=1S/C24H20FN3O2/c25-18-7-5-16(6-8-18)23(24(29)28-20-9-10-20)27-19-11-13-21(14-12-19)30-22-4-2-1-3-17(22)15-26/h1-8,11-14,20,23,27H,9-10H2,(H,28,29). The first-order chi connectivity index (χ1) is 14.6. The molecule has 0 aliphatic heterocycles. The van der Waals surface area contributed by atoms with E-state index in [9.17, 15) is 14.4 Å². The predicted molar refractivity (Wildman–Crippen MR) is 112 cm³/mol. The minimum Gasteiger partial charge on any atom is -0.456 e. The number of nitrogens with one attached hydrogen (secondary N) is 2. The van der Waals surface area contributed by atoms with Crippen molar-refractivity contribution < 1.29 is 13.9 Å². The second-order valence-corrected chi connectivity index (χ2v) is 7.15. The molecule has 1 aliphatic carbocycles. The van der Waals surface area contributed by atoms with E-state index in [0.717, 1.165) is 18.5 Å². The maximum atomic E-state index is 13.3. The van der Waals surface area contributed by atoms with Gasteiger partial charge in [-0.15, -0.1) is 0 Å². The van der Waals surface area contributed by atoms with E-state index in [2.05, 4.69) is 16.7 Å². The summed E-state index contributed by atoms with van der Waals surface area (Å²) in [6, 6.07) is 21.7. The zero-order valence-electron chi connectivity index (χ0n) is 16.1. The minimum absolute atomic E-state index is 0.146. The van der Waals surface area contributed by atoms with Crippen LogP contribution in [0.1, 0.15) is 30.0 Å². The summed E-state index contributed by atoms with van der Waals surface area (Å²) in [6.07, 6.45) is 1.97. The molecule has 30 heavy (non-hydrogen) atoms. The van der Waals surface area contributed by atoms with Crippen LogP contribution in [0.15, 0.2) is 72.8 Å². The van der Waals surface area contributed by atoms with E-state index in [1.165, 1.54) is 12.1 Å². The SMILES string of the molecule is N#Cc1ccccc1Oc1ccc(NC(C(=O)NC2CC2)c2ccc(F)cc2)cc1. The molecule has 1 aliphatic rings. The summed E-state index contributed by atoms with van der Waals surface area (Å²) in [6.45, 7) is 0. The van der Waals surface area contributed by atoms with Crippen molar-refractivity contribution in [2.75, 3.05) is 5.32 Å². The van der Waals surface area contributed by atoms with E-state index in [4.69, 9.17) is 4.74 Å². The molecule has 150 valence electrons. The number of benzene rings is 3. The maximum absolute atomic E-state index is 13.3. The topological polar surface area (TPSA) is 74.1 Å². The number of rotatable bonds is 7. The summed E-state index contributed by atoms with van der Waals surface area (Å²) in [5.41, 5.74) is 1.85. The third-order valence-electron chi connectivity index (χ3n) is 4.79. The van der Waals surface area contributed by atoms with Crippen LogP contribution in [0.2, 0.25) is 0 Å². The monoisotopic (exact) mass is 401 g/mol. The highest BCUT2D eigenvalue weighted by atomic mass is 19.1. The molecule has 1 saturated carbocycles. The van der Waals surface area contributed by atoms with Crippen molar-refractivity contribution in [1.82, 2.24) is 5.32 Å². The molecule has 1 unspecified atom stereocenters. The lowest BCUT2D eigenvalue weighted by Gasteiger charge is -2.20. The highest BCUT2D eigenvalue weighted by Gasteiger charge is 2.28. The number of hydrogen-bond donors (Lipinski definition) is 2. The van der Waals surface area contributed by atoms with Crippen LogP contribution in [0.5, 0.6) is 11.5 Å². The molecule has 0 bridgehead atoms. The third kappa shape index (κ3) is 4.76. The number of nitriles is 1. The van der Waals surface area contributed by atoms with Crippen molar-refractivity contribution in [3.05, 3.63) is 89.7 Å². The lowest BCUT2D eigenvalue weighted by atomic mass is 10.1. The van der Waals surface area contributed by atoms with Crippen molar-refractivity contribution in [2.24, 2.45) is 0 Å². The summed E-state index contributed by atoms with van der Waals surface area (Å²) < 4.78 is 19.1. The molecule has 5 nitrogen and oxygen atoms in total. The number of amides is 1. The van der Waals surface area contributed by atoms with Gasteiger partial charge in [-0.1, -0.05) is 24.3 Å². The number of ether oxygens (including phenoxy) is 1. The van der Waals surface area contributed by atoms with Gasteiger partial charge in [0.05, 0.1) is 5.56 Å². The first kappa shape index (κ1) is 19.5. The van der Waals surface area contributed by atoms with Gasteiger partial charge in [0.15, 0.2) is 0 Å². The van der Waals surface area contributed by atoms with Gasteiger partial charge in [0, 0.05) is 11.7 Å². The van der Waals surface area contributed by atoms with E-state index < -0.39 is 6.04 Å². The number of halogens is 1. The number of carbonyl (C=O) groups excluding carboxylic acids is 1. The second kappa shape index (κ2) is 8.66. The van der Waals surface area contributed by atoms with Gasteiger partial charge < -0.3 is 15.4 Å². The van der Waals surface area contributed by atoms with Gasteiger partial charge in [0.2, 0.25) is 5.91 Å². The summed E-state index contributed by atoms with van der Waals surface area (Å²) in [4.78, 5) is 12.7. The lowest BCUT2D eigenvalue weighted by molar-refractivity contribution is -0.122. The van der Waals surface area contributed by atoms with Crippen LogP contribution < -0.4 is 15.4 Å². The van der Waals surface area contributed by atoms with E-state index in [1.807, 2.05) is 0 Å². The summed E-state index contributed by atoms with van der Waals surface area (Å²) in [7, 11) is 0. The number of anilines is 1. The molecule has 3 aromatic carbocycles. The summed E-state index contributed by atoms with van der Waals surface area (Å²) >= 11 is 0. The fourth-order valence-electron chi connectivity index (χ4n) is 3.03. The van der Waals surface area contributed by atoms with E-state index >= 15 is 0 Å². The molecule has 1 fully saturated rings. The molecule has 1 amide bonds. The molecule has 0 heterocycles. The Morgan fingerprint density at radius 2 is 1.73 bits per heavy atom. The molecule has 6 heteroatoms. The number of hydrogen-bond acceptors (Lipinski definition) is 4. The molecule has 1 atom stereocenters. The van der Waals surface area contributed by atoms with Gasteiger partial charge in [0.25, 0.3) is 0 Å². The molecule has 0 spiro atoms. The summed E-state index contributed by atoms with van der Waals surface area (Å²) in [5, 5.41) is 15.4. The van der Waals surface area contributed by atoms with Gasteiger partial charge >= 0.3 is 0 Å². The third-order valence-corrected chi connectivity index (χ3v) is 4.79. The van der Waals surface area contributed by atoms with Crippen LogP contribution in [0.25, 0.3) is 0 Å². The van der Waals surface area contributed by atoms with Crippen LogP contribution in [0.4, 0.5) is 10.1 Å².